The summed E-state index contributed by atoms with van der Waals surface area (Å²) < 4.78 is 1.89. The molecule has 5 aromatic rings. The number of aliphatic hydroxyl groups is 1. The highest BCUT2D eigenvalue weighted by molar-refractivity contribution is 5.82. The Balaban J connectivity index is 1.57. The number of aromatic amines is 1. The zero-order valence-electron chi connectivity index (χ0n) is 17.7. The fraction of sp³-hybridized carbons (Fsp3) is 0.130. The number of aryl methyl sites for hydroxylation is 1. The molecule has 33 heavy (non-hydrogen) atoms. The second-order valence-electron chi connectivity index (χ2n) is 7.41. The molecule has 0 aliphatic rings. The first-order valence-corrected chi connectivity index (χ1v) is 10.3. The van der Waals surface area contributed by atoms with Gasteiger partial charge in [0.1, 0.15) is 18.2 Å². The largest absolute Gasteiger partial charge is 0.396 e. The monoisotopic (exact) mass is 437 g/mol. The smallest absolute Gasteiger partial charge is 0.171 e. The highest BCUT2D eigenvalue weighted by Gasteiger charge is 2.19. The molecule has 0 saturated carbocycles. The van der Waals surface area contributed by atoms with Crippen LogP contribution in [0.4, 0.5) is 11.4 Å². The average molecular weight is 437 g/mol. The van der Waals surface area contributed by atoms with Crippen LogP contribution in [0.2, 0.25) is 0 Å². The first kappa shape index (κ1) is 20.3. The van der Waals surface area contributed by atoms with Crippen LogP contribution in [-0.4, -0.2) is 46.6 Å². The van der Waals surface area contributed by atoms with Gasteiger partial charge in [0.2, 0.25) is 0 Å². The molecular formula is C23H19N9O. The summed E-state index contributed by atoms with van der Waals surface area (Å²) >= 11 is 0. The number of aliphatic hydroxyl groups excluding tert-OH is 1. The van der Waals surface area contributed by atoms with Crippen molar-refractivity contribution in [1.29, 1.82) is 5.26 Å². The molecule has 0 atom stereocenters. The number of hydrogen-bond donors (Lipinski definition) is 3. The molecule has 10 nitrogen and oxygen atoms in total. The fourth-order valence-electron chi connectivity index (χ4n) is 3.75. The van der Waals surface area contributed by atoms with Crippen molar-refractivity contribution >= 4 is 22.4 Å². The second kappa shape index (κ2) is 8.49. The summed E-state index contributed by atoms with van der Waals surface area (Å²) in [6.07, 6.45) is 5.41. The maximum atomic E-state index is 9.52. The van der Waals surface area contributed by atoms with E-state index in [-0.39, 0.29) is 12.3 Å². The van der Waals surface area contributed by atoms with E-state index in [1.165, 1.54) is 0 Å². The predicted octanol–water partition coefficient (Wildman–Crippen LogP) is 3.06. The topological polar surface area (TPSA) is 141 Å². The van der Waals surface area contributed by atoms with Crippen molar-refractivity contribution in [2.24, 2.45) is 0 Å². The molecule has 0 aliphatic carbocycles. The number of anilines is 2. The molecule has 0 fully saturated rings. The van der Waals surface area contributed by atoms with Gasteiger partial charge in [0.25, 0.3) is 0 Å². The number of benzene rings is 1. The van der Waals surface area contributed by atoms with Gasteiger partial charge in [0, 0.05) is 18.0 Å². The summed E-state index contributed by atoms with van der Waals surface area (Å²) in [6.45, 7) is 1.82. The van der Waals surface area contributed by atoms with Crippen molar-refractivity contribution in [2.45, 2.75) is 13.3 Å². The molecule has 0 amide bonds. The fourth-order valence-corrected chi connectivity index (χ4v) is 3.75. The quantitative estimate of drug-likeness (QED) is 0.368. The van der Waals surface area contributed by atoms with Crippen LogP contribution in [0.3, 0.4) is 0 Å². The van der Waals surface area contributed by atoms with Crippen LogP contribution >= 0.6 is 0 Å². The van der Waals surface area contributed by atoms with Crippen molar-refractivity contribution in [3.8, 4) is 23.1 Å². The van der Waals surface area contributed by atoms with E-state index in [0.717, 1.165) is 33.7 Å². The molecule has 0 spiro atoms. The Kier molecular flexibility index (Phi) is 5.22. The Morgan fingerprint density at radius 1 is 1.15 bits per heavy atom. The first-order chi connectivity index (χ1) is 16.2. The Hall–Kier alpha value is -4.62. The van der Waals surface area contributed by atoms with E-state index in [1.807, 2.05) is 47.9 Å². The highest BCUT2D eigenvalue weighted by atomic mass is 16.2. The van der Waals surface area contributed by atoms with Gasteiger partial charge in [0.15, 0.2) is 5.69 Å². The lowest BCUT2D eigenvalue weighted by Gasteiger charge is -2.12. The summed E-state index contributed by atoms with van der Waals surface area (Å²) in [5.74, 6) is 0.651. The summed E-state index contributed by atoms with van der Waals surface area (Å²) in [5.41, 5.74) is 6.50. The van der Waals surface area contributed by atoms with Crippen molar-refractivity contribution in [3.05, 3.63) is 72.1 Å². The number of pyridine rings is 1. The van der Waals surface area contributed by atoms with Crippen molar-refractivity contribution < 1.29 is 5.11 Å². The van der Waals surface area contributed by atoms with Crippen molar-refractivity contribution in [1.82, 2.24) is 34.9 Å². The van der Waals surface area contributed by atoms with Gasteiger partial charge in [-0.25, -0.2) is 9.97 Å². The SMILES string of the molecule is Cc1[nH]nc(C#N)c1-c1nc(-n2cnc3cc(Nc4ccnnc4)ccc32)ccc1CCO. The van der Waals surface area contributed by atoms with E-state index in [1.54, 1.807) is 18.7 Å². The zero-order chi connectivity index (χ0) is 22.8. The number of imidazole rings is 1. The van der Waals surface area contributed by atoms with Crippen LogP contribution in [0.5, 0.6) is 0 Å². The third-order valence-electron chi connectivity index (χ3n) is 5.30. The number of aromatic nitrogens is 7. The van der Waals surface area contributed by atoms with Crippen LogP contribution in [0.15, 0.2) is 55.1 Å². The number of nitrogens with one attached hydrogen (secondary N) is 2. The Morgan fingerprint density at radius 3 is 2.85 bits per heavy atom. The standard InChI is InChI=1S/C23H19N9O/c1-14-22(19(11-24)31-30-14)23-15(7-9-33)2-5-21(29-23)32-13-25-18-10-16(3-4-20(18)32)28-17-6-8-26-27-12-17/h2-6,8,10,12-13,33H,7,9H2,1H3,(H,26,28)(H,30,31). The summed E-state index contributed by atoms with van der Waals surface area (Å²) in [7, 11) is 0. The van der Waals surface area contributed by atoms with Crippen LogP contribution in [0, 0.1) is 18.3 Å². The lowest BCUT2D eigenvalue weighted by atomic mass is 10.0. The van der Waals surface area contributed by atoms with Gasteiger partial charge in [-0.05, 0) is 49.2 Å². The molecule has 0 bridgehead atoms. The summed E-state index contributed by atoms with van der Waals surface area (Å²) in [5, 5.41) is 36.9. The number of rotatable bonds is 6. The highest BCUT2D eigenvalue weighted by Crippen LogP contribution is 2.30. The van der Waals surface area contributed by atoms with E-state index in [0.29, 0.717) is 23.5 Å². The number of nitrogens with zero attached hydrogens (tertiary/aromatic N) is 7. The van der Waals surface area contributed by atoms with Crippen molar-refractivity contribution in [3.63, 3.8) is 0 Å². The van der Waals surface area contributed by atoms with Crippen LogP contribution in [-0.2, 0) is 6.42 Å². The van der Waals surface area contributed by atoms with E-state index >= 15 is 0 Å². The van der Waals surface area contributed by atoms with Gasteiger partial charge in [-0.3, -0.25) is 9.67 Å². The number of hydrogen-bond acceptors (Lipinski definition) is 8. The van der Waals surface area contributed by atoms with Crippen molar-refractivity contribution in [2.75, 3.05) is 11.9 Å². The van der Waals surface area contributed by atoms with Gasteiger partial charge in [-0.2, -0.15) is 20.6 Å². The third kappa shape index (κ3) is 3.77. The molecular weight excluding hydrogens is 418 g/mol. The zero-order valence-corrected chi connectivity index (χ0v) is 17.7. The Morgan fingerprint density at radius 2 is 2.06 bits per heavy atom. The van der Waals surface area contributed by atoms with Gasteiger partial charge in [-0.1, -0.05) is 6.07 Å². The molecule has 3 N–H and O–H groups in total. The van der Waals surface area contributed by atoms with E-state index < -0.39 is 0 Å². The van der Waals surface area contributed by atoms with E-state index in [9.17, 15) is 10.4 Å². The van der Waals surface area contributed by atoms with Gasteiger partial charge in [0.05, 0.1) is 40.4 Å². The Labute approximate surface area is 188 Å². The van der Waals surface area contributed by atoms with Crippen LogP contribution < -0.4 is 5.32 Å². The molecule has 10 heteroatoms. The third-order valence-corrected chi connectivity index (χ3v) is 5.30. The van der Waals surface area contributed by atoms with E-state index in [4.69, 9.17) is 4.98 Å². The minimum Gasteiger partial charge on any atom is -0.396 e. The molecule has 0 unspecified atom stereocenters. The van der Waals surface area contributed by atoms with E-state index in [2.05, 4.69) is 36.8 Å². The molecule has 4 heterocycles. The first-order valence-electron chi connectivity index (χ1n) is 10.3. The second-order valence-corrected chi connectivity index (χ2v) is 7.41. The van der Waals surface area contributed by atoms with Gasteiger partial charge >= 0.3 is 0 Å². The molecule has 0 aliphatic heterocycles. The minimum absolute atomic E-state index is 0.0242. The van der Waals surface area contributed by atoms with Gasteiger partial charge < -0.3 is 10.4 Å². The molecule has 0 saturated heterocycles. The summed E-state index contributed by atoms with van der Waals surface area (Å²) in [4.78, 5) is 9.40. The number of fused-ring (bicyclic) bond motifs is 1. The number of H-pyrrole nitrogens is 1. The molecule has 4 aromatic heterocycles. The normalized spacial score (nSPS) is 10.9. The summed E-state index contributed by atoms with van der Waals surface area (Å²) in [6, 6.07) is 13.6. The predicted molar refractivity (Wildman–Crippen MR) is 122 cm³/mol. The molecule has 1 aromatic carbocycles. The van der Waals surface area contributed by atoms with Crippen LogP contribution in [0.25, 0.3) is 28.1 Å². The molecule has 162 valence electrons. The van der Waals surface area contributed by atoms with Crippen LogP contribution in [0.1, 0.15) is 17.0 Å². The van der Waals surface area contributed by atoms with Gasteiger partial charge in [-0.15, -0.1) is 0 Å². The molecule has 5 rings (SSSR count). The molecule has 0 radical (unpaired) electrons. The lowest BCUT2D eigenvalue weighted by Crippen LogP contribution is -2.03. The average Bonchev–Trinajstić information content (AvgIpc) is 3.43. The lowest BCUT2D eigenvalue weighted by molar-refractivity contribution is 0.299. The maximum Gasteiger partial charge on any atom is 0.171 e. The minimum atomic E-state index is -0.0242. The number of nitriles is 1. The maximum absolute atomic E-state index is 9.52. The Bertz CT molecular complexity index is 1480.